The Labute approximate surface area is 107 Å². The lowest BCUT2D eigenvalue weighted by Gasteiger charge is -2.33. The van der Waals surface area contributed by atoms with Gasteiger partial charge in [0.2, 0.25) is 0 Å². The summed E-state index contributed by atoms with van der Waals surface area (Å²) in [5.74, 6) is 0. The van der Waals surface area contributed by atoms with E-state index in [0.717, 1.165) is 19.4 Å². The Hall–Kier alpha value is 0.220. The number of rotatable bonds is 5. The Balaban J connectivity index is 1.64. The molecule has 1 aromatic rings. The summed E-state index contributed by atoms with van der Waals surface area (Å²) in [5.41, 5.74) is 1.24. The minimum Gasteiger partial charge on any atom is -0.373 e. The fourth-order valence-corrected chi connectivity index (χ4v) is 2.71. The lowest BCUT2D eigenvalue weighted by molar-refractivity contribution is -0.0623. The van der Waals surface area contributed by atoms with Gasteiger partial charge in [0.15, 0.2) is 0 Å². The van der Waals surface area contributed by atoms with Gasteiger partial charge in [-0.05, 0) is 5.56 Å². The van der Waals surface area contributed by atoms with Gasteiger partial charge in [-0.2, -0.15) is 0 Å². The molecular formula is C11H13IO2S. The molecular weight excluding hydrogens is 323 g/mol. The number of halogens is 1. The lowest BCUT2D eigenvalue weighted by Crippen LogP contribution is -2.35. The quantitative estimate of drug-likeness (QED) is 0.603. The topological polar surface area (TPSA) is 18.5 Å². The van der Waals surface area contributed by atoms with Crippen molar-refractivity contribution in [2.75, 3.05) is 0 Å². The molecule has 0 heterocycles. The Kier molecular flexibility index (Phi) is 4.74. The first-order chi connectivity index (χ1) is 7.38. The standard InChI is InChI=1S/C11H13IO2S/c12-15-14-11-6-10(7-11)13-8-9-4-2-1-3-5-9/h1-5,10-11H,6-8H2/t10-,11+. The van der Waals surface area contributed by atoms with Crippen molar-refractivity contribution in [3.05, 3.63) is 35.9 Å². The van der Waals surface area contributed by atoms with Crippen molar-refractivity contribution in [2.45, 2.75) is 31.7 Å². The highest BCUT2D eigenvalue weighted by Gasteiger charge is 2.30. The van der Waals surface area contributed by atoms with Gasteiger partial charge in [-0.15, -0.1) is 0 Å². The summed E-state index contributed by atoms with van der Waals surface area (Å²) in [5, 5.41) is 0. The van der Waals surface area contributed by atoms with Gasteiger partial charge in [-0.1, -0.05) is 30.3 Å². The third kappa shape index (κ3) is 3.62. The summed E-state index contributed by atoms with van der Waals surface area (Å²) in [6, 6.07) is 10.3. The maximum Gasteiger partial charge on any atom is 0.0781 e. The van der Waals surface area contributed by atoms with Crippen molar-refractivity contribution in [2.24, 2.45) is 0 Å². The number of hydrogen-bond donors (Lipinski definition) is 0. The fraction of sp³-hybridized carbons (Fsp3) is 0.455. The van der Waals surface area contributed by atoms with Crippen molar-refractivity contribution < 1.29 is 8.92 Å². The van der Waals surface area contributed by atoms with Crippen LogP contribution in [0.25, 0.3) is 0 Å². The largest absolute Gasteiger partial charge is 0.373 e. The molecule has 1 aliphatic rings. The monoisotopic (exact) mass is 336 g/mol. The molecule has 2 nitrogen and oxygen atoms in total. The first kappa shape index (κ1) is 11.7. The van der Waals surface area contributed by atoms with Crippen LogP contribution in [0.4, 0.5) is 0 Å². The van der Waals surface area contributed by atoms with Gasteiger partial charge in [0.1, 0.15) is 0 Å². The SMILES string of the molecule is ISO[C@H]1C[C@@H](OCc2ccccc2)C1. The first-order valence-corrected chi connectivity index (χ1v) is 8.26. The molecule has 0 spiro atoms. The first-order valence-electron chi connectivity index (χ1n) is 4.98. The highest BCUT2D eigenvalue weighted by Crippen LogP contribution is 2.31. The van der Waals surface area contributed by atoms with Crippen molar-refractivity contribution in [3.63, 3.8) is 0 Å². The van der Waals surface area contributed by atoms with Gasteiger partial charge in [0, 0.05) is 34.0 Å². The predicted octanol–water partition coefficient (Wildman–Crippen LogP) is 3.75. The van der Waals surface area contributed by atoms with Crippen LogP contribution in [0.15, 0.2) is 30.3 Å². The van der Waals surface area contributed by atoms with E-state index >= 15 is 0 Å². The zero-order chi connectivity index (χ0) is 10.5. The summed E-state index contributed by atoms with van der Waals surface area (Å²) >= 11 is 2.15. The summed E-state index contributed by atoms with van der Waals surface area (Å²) in [7, 11) is 1.42. The molecule has 1 aliphatic carbocycles. The van der Waals surface area contributed by atoms with Crippen LogP contribution in [-0.2, 0) is 15.5 Å². The van der Waals surface area contributed by atoms with Crippen molar-refractivity contribution in [3.8, 4) is 0 Å². The zero-order valence-electron chi connectivity index (χ0n) is 8.27. The van der Waals surface area contributed by atoms with E-state index in [-0.39, 0.29) is 0 Å². The molecule has 0 saturated heterocycles. The average molecular weight is 336 g/mol. The molecule has 4 heteroatoms. The van der Waals surface area contributed by atoms with Crippen LogP contribution < -0.4 is 0 Å². The van der Waals surface area contributed by atoms with Crippen LogP contribution in [0.1, 0.15) is 18.4 Å². The van der Waals surface area contributed by atoms with Gasteiger partial charge >= 0.3 is 0 Å². The highest BCUT2D eigenvalue weighted by atomic mass is 127. The second kappa shape index (κ2) is 6.08. The zero-order valence-corrected chi connectivity index (χ0v) is 11.2. The summed E-state index contributed by atoms with van der Waals surface area (Å²) in [4.78, 5) is 0. The van der Waals surface area contributed by atoms with Gasteiger partial charge in [-0.3, -0.25) is 0 Å². The molecule has 15 heavy (non-hydrogen) atoms. The highest BCUT2D eigenvalue weighted by molar-refractivity contribution is 14.2. The predicted molar refractivity (Wildman–Crippen MR) is 70.7 cm³/mol. The molecule has 0 amide bonds. The van der Waals surface area contributed by atoms with Gasteiger partial charge < -0.3 is 8.92 Å². The maximum atomic E-state index is 5.75. The van der Waals surface area contributed by atoms with Crippen molar-refractivity contribution in [1.82, 2.24) is 0 Å². The second-order valence-electron chi connectivity index (χ2n) is 3.67. The molecule has 1 aromatic carbocycles. The average Bonchev–Trinajstić information content (AvgIpc) is 2.23. The van der Waals surface area contributed by atoms with Crippen LogP contribution in [0.5, 0.6) is 0 Å². The molecule has 0 bridgehead atoms. The van der Waals surface area contributed by atoms with E-state index in [0.29, 0.717) is 12.2 Å². The van der Waals surface area contributed by atoms with Gasteiger partial charge in [0.25, 0.3) is 0 Å². The minimum atomic E-state index is 0.388. The molecule has 0 radical (unpaired) electrons. The minimum absolute atomic E-state index is 0.388. The normalized spacial score (nSPS) is 24.9. The summed E-state index contributed by atoms with van der Waals surface area (Å²) < 4.78 is 11.1. The van der Waals surface area contributed by atoms with Crippen LogP contribution in [0.2, 0.25) is 0 Å². The Bertz CT molecular complexity index is 288. The van der Waals surface area contributed by atoms with Gasteiger partial charge in [-0.25, -0.2) is 0 Å². The van der Waals surface area contributed by atoms with E-state index in [1.165, 1.54) is 14.8 Å². The molecule has 0 N–H and O–H groups in total. The van der Waals surface area contributed by atoms with Crippen molar-refractivity contribution >= 4 is 30.4 Å². The van der Waals surface area contributed by atoms with E-state index < -0.39 is 0 Å². The number of benzene rings is 1. The molecule has 2 rings (SSSR count). The molecule has 1 fully saturated rings. The molecule has 0 aromatic heterocycles. The molecule has 0 unspecified atom stereocenters. The summed E-state index contributed by atoms with van der Waals surface area (Å²) in [6.07, 6.45) is 2.84. The number of ether oxygens (including phenoxy) is 1. The Morgan fingerprint density at radius 3 is 2.60 bits per heavy atom. The van der Waals surface area contributed by atoms with E-state index in [2.05, 4.69) is 33.3 Å². The van der Waals surface area contributed by atoms with Crippen LogP contribution >= 0.6 is 30.4 Å². The van der Waals surface area contributed by atoms with E-state index in [4.69, 9.17) is 8.92 Å². The third-order valence-corrected chi connectivity index (χ3v) is 3.52. The lowest BCUT2D eigenvalue weighted by atomic mass is 9.92. The van der Waals surface area contributed by atoms with Crippen molar-refractivity contribution in [1.29, 1.82) is 0 Å². The smallest absolute Gasteiger partial charge is 0.0781 e. The van der Waals surface area contributed by atoms with Crippen LogP contribution in [0.3, 0.4) is 0 Å². The van der Waals surface area contributed by atoms with Crippen LogP contribution in [0, 0.1) is 0 Å². The third-order valence-electron chi connectivity index (χ3n) is 2.55. The van der Waals surface area contributed by atoms with E-state index in [9.17, 15) is 0 Å². The maximum absolute atomic E-state index is 5.75. The van der Waals surface area contributed by atoms with Crippen LogP contribution in [-0.4, -0.2) is 12.2 Å². The van der Waals surface area contributed by atoms with E-state index in [1.807, 2.05) is 18.2 Å². The molecule has 1 saturated carbocycles. The van der Waals surface area contributed by atoms with Gasteiger partial charge in [0.05, 0.1) is 28.0 Å². The molecule has 0 aliphatic heterocycles. The second-order valence-corrected chi connectivity index (χ2v) is 5.07. The Morgan fingerprint density at radius 1 is 1.20 bits per heavy atom. The fourth-order valence-electron chi connectivity index (χ4n) is 1.57. The number of hydrogen-bond acceptors (Lipinski definition) is 3. The van der Waals surface area contributed by atoms with E-state index in [1.54, 1.807) is 0 Å². The molecule has 82 valence electrons. The summed E-state index contributed by atoms with van der Waals surface area (Å²) in [6.45, 7) is 0.718. The Morgan fingerprint density at radius 2 is 1.93 bits per heavy atom. The molecule has 0 atom stereocenters.